The standard InChI is InChI=1S/C12H17N5S/c1-8-14-9-5-3-4-6-10(9)17(8)7-11-15-16-12(13-2)18-11/h3-7H2,1-2H3,(H,13,16). The van der Waals surface area contributed by atoms with Gasteiger partial charge in [0.25, 0.3) is 0 Å². The van der Waals surface area contributed by atoms with Crippen LogP contribution in [0.3, 0.4) is 0 Å². The number of rotatable bonds is 3. The maximum atomic E-state index is 4.68. The molecule has 0 aliphatic heterocycles. The highest BCUT2D eigenvalue weighted by atomic mass is 32.1. The first-order chi connectivity index (χ1) is 8.78. The van der Waals surface area contributed by atoms with Crippen molar-refractivity contribution in [2.45, 2.75) is 39.2 Å². The summed E-state index contributed by atoms with van der Waals surface area (Å²) in [6.07, 6.45) is 4.82. The Bertz CT molecular complexity index is 557. The van der Waals surface area contributed by atoms with Crippen molar-refractivity contribution in [2.75, 3.05) is 12.4 Å². The van der Waals surface area contributed by atoms with Gasteiger partial charge in [-0.25, -0.2) is 4.98 Å². The number of fused-ring (bicyclic) bond motifs is 1. The SMILES string of the molecule is CNc1nnc(Cn2c(C)nc3c2CCCC3)s1. The molecule has 3 rings (SSSR count). The first-order valence-electron chi connectivity index (χ1n) is 6.33. The summed E-state index contributed by atoms with van der Waals surface area (Å²) in [5, 5.41) is 13.2. The lowest BCUT2D eigenvalue weighted by Gasteiger charge is -2.13. The van der Waals surface area contributed by atoms with Gasteiger partial charge in [-0.15, -0.1) is 10.2 Å². The van der Waals surface area contributed by atoms with Crippen molar-refractivity contribution >= 4 is 16.5 Å². The third kappa shape index (κ3) is 2.01. The van der Waals surface area contributed by atoms with Crippen LogP contribution in [0.25, 0.3) is 0 Å². The van der Waals surface area contributed by atoms with Gasteiger partial charge in [0, 0.05) is 12.7 Å². The topological polar surface area (TPSA) is 55.6 Å². The molecule has 0 fully saturated rings. The first-order valence-corrected chi connectivity index (χ1v) is 7.14. The first kappa shape index (κ1) is 11.6. The van der Waals surface area contributed by atoms with Gasteiger partial charge in [0.05, 0.1) is 12.2 Å². The summed E-state index contributed by atoms with van der Waals surface area (Å²) in [4.78, 5) is 4.68. The van der Waals surface area contributed by atoms with Crippen LogP contribution in [0.5, 0.6) is 0 Å². The molecule has 0 spiro atoms. The smallest absolute Gasteiger partial charge is 0.205 e. The van der Waals surface area contributed by atoms with Crippen LogP contribution >= 0.6 is 11.3 Å². The second-order valence-electron chi connectivity index (χ2n) is 4.60. The van der Waals surface area contributed by atoms with E-state index < -0.39 is 0 Å². The zero-order chi connectivity index (χ0) is 12.5. The van der Waals surface area contributed by atoms with E-state index >= 15 is 0 Å². The van der Waals surface area contributed by atoms with Crippen LogP contribution in [-0.2, 0) is 19.4 Å². The van der Waals surface area contributed by atoms with Gasteiger partial charge in [0.2, 0.25) is 5.13 Å². The van der Waals surface area contributed by atoms with Crippen molar-refractivity contribution in [1.29, 1.82) is 0 Å². The van der Waals surface area contributed by atoms with Gasteiger partial charge in [-0.05, 0) is 32.6 Å². The van der Waals surface area contributed by atoms with Gasteiger partial charge >= 0.3 is 0 Å². The van der Waals surface area contributed by atoms with Crippen LogP contribution in [0.15, 0.2) is 0 Å². The van der Waals surface area contributed by atoms with Gasteiger partial charge in [-0.3, -0.25) is 0 Å². The summed E-state index contributed by atoms with van der Waals surface area (Å²) in [5.74, 6) is 1.10. The van der Waals surface area contributed by atoms with E-state index in [9.17, 15) is 0 Å². The number of anilines is 1. The summed E-state index contributed by atoms with van der Waals surface area (Å²) in [6.45, 7) is 2.88. The molecule has 5 nitrogen and oxygen atoms in total. The molecule has 6 heteroatoms. The van der Waals surface area contributed by atoms with Crippen molar-refractivity contribution in [3.05, 3.63) is 22.2 Å². The highest BCUT2D eigenvalue weighted by Crippen LogP contribution is 2.24. The van der Waals surface area contributed by atoms with E-state index in [1.54, 1.807) is 11.3 Å². The van der Waals surface area contributed by atoms with Gasteiger partial charge < -0.3 is 9.88 Å². The largest absolute Gasteiger partial charge is 0.363 e. The minimum Gasteiger partial charge on any atom is -0.363 e. The average Bonchev–Trinajstić information content (AvgIpc) is 2.96. The molecule has 1 aliphatic rings. The maximum absolute atomic E-state index is 4.68. The van der Waals surface area contributed by atoms with Crippen molar-refractivity contribution in [1.82, 2.24) is 19.7 Å². The van der Waals surface area contributed by atoms with Crippen molar-refractivity contribution < 1.29 is 0 Å². The number of hydrogen-bond acceptors (Lipinski definition) is 5. The van der Waals surface area contributed by atoms with Gasteiger partial charge in [0.15, 0.2) is 0 Å². The van der Waals surface area contributed by atoms with E-state index in [2.05, 4.69) is 32.0 Å². The monoisotopic (exact) mass is 263 g/mol. The number of aryl methyl sites for hydroxylation is 2. The Morgan fingerprint density at radius 1 is 1.28 bits per heavy atom. The normalized spacial score (nSPS) is 14.6. The third-order valence-corrected chi connectivity index (χ3v) is 4.32. The van der Waals surface area contributed by atoms with E-state index in [4.69, 9.17) is 0 Å². The molecule has 1 N–H and O–H groups in total. The summed E-state index contributed by atoms with van der Waals surface area (Å²) >= 11 is 1.61. The summed E-state index contributed by atoms with van der Waals surface area (Å²) in [6, 6.07) is 0. The van der Waals surface area contributed by atoms with Crippen LogP contribution in [-0.4, -0.2) is 26.8 Å². The molecule has 18 heavy (non-hydrogen) atoms. The summed E-state index contributed by atoms with van der Waals surface area (Å²) in [5.41, 5.74) is 2.69. The van der Waals surface area contributed by atoms with E-state index in [-0.39, 0.29) is 0 Å². The molecule has 0 amide bonds. The Balaban J connectivity index is 1.90. The predicted molar refractivity (Wildman–Crippen MR) is 72.2 cm³/mol. The zero-order valence-electron chi connectivity index (χ0n) is 10.7. The highest BCUT2D eigenvalue weighted by molar-refractivity contribution is 7.15. The van der Waals surface area contributed by atoms with Gasteiger partial charge in [0.1, 0.15) is 10.8 Å². The molecule has 0 saturated carbocycles. The van der Waals surface area contributed by atoms with E-state index in [0.717, 1.165) is 35.3 Å². The Morgan fingerprint density at radius 2 is 2.11 bits per heavy atom. The molecule has 96 valence electrons. The zero-order valence-corrected chi connectivity index (χ0v) is 11.5. The summed E-state index contributed by atoms with van der Waals surface area (Å²) < 4.78 is 2.30. The minimum absolute atomic E-state index is 0.799. The Morgan fingerprint density at radius 3 is 2.89 bits per heavy atom. The number of nitrogens with one attached hydrogen (secondary N) is 1. The van der Waals surface area contributed by atoms with Crippen LogP contribution in [0.2, 0.25) is 0 Å². The van der Waals surface area contributed by atoms with Crippen LogP contribution in [0.4, 0.5) is 5.13 Å². The fourth-order valence-electron chi connectivity index (χ4n) is 2.50. The van der Waals surface area contributed by atoms with Crippen molar-refractivity contribution in [2.24, 2.45) is 0 Å². The Hall–Kier alpha value is -1.43. The molecule has 1 aliphatic carbocycles. The van der Waals surface area contributed by atoms with Crippen LogP contribution in [0.1, 0.15) is 35.1 Å². The Labute approximate surface area is 110 Å². The molecular weight excluding hydrogens is 246 g/mol. The van der Waals surface area contributed by atoms with Crippen LogP contribution in [0, 0.1) is 6.92 Å². The minimum atomic E-state index is 0.799. The van der Waals surface area contributed by atoms with E-state index in [0.29, 0.717) is 0 Å². The van der Waals surface area contributed by atoms with Gasteiger partial charge in [-0.1, -0.05) is 11.3 Å². The molecule has 0 aromatic carbocycles. The molecule has 2 aromatic heterocycles. The lowest BCUT2D eigenvalue weighted by molar-refractivity contribution is 0.622. The molecule has 0 bridgehead atoms. The molecule has 0 saturated heterocycles. The van der Waals surface area contributed by atoms with Gasteiger partial charge in [-0.2, -0.15) is 0 Å². The third-order valence-electron chi connectivity index (χ3n) is 3.40. The number of nitrogens with zero attached hydrogens (tertiary/aromatic N) is 4. The number of aromatic nitrogens is 4. The molecule has 2 heterocycles. The molecule has 0 unspecified atom stereocenters. The lowest BCUT2D eigenvalue weighted by atomic mass is 10.0. The highest BCUT2D eigenvalue weighted by Gasteiger charge is 2.18. The quantitative estimate of drug-likeness (QED) is 0.920. The fourth-order valence-corrected chi connectivity index (χ4v) is 3.18. The average molecular weight is 263 g/mol. The second-order valence-corrected chi connectivity index (χ2v) is 5.66. The number of hydrogen-bond donors (Lipinski definition) is 1. The van der Waals surface area contributed by atoms with Crippen LogP contribution < -0.4 is 5.32 Å². The van der Waals surface area contributed by atoms with Crippen molar-refractivity contribution in [3.63, 3.8) is 0 Å². The van der Waals surface area contributed by atoms with Crippen molar-refractivity contribution in [3.8, 4) is 0 Å². The molecule has 2 aromatic rings. The van der Waals surface area contributed by atoms with E-state index in [1.165, 1.54) is 24.2 Å². The second kappa shape index (κ2) is 4.68. The summed E-state index contributed by atoms with van der Waals surface area (Å²) in [7, 11) is 1.87. The number of imidazole rings is 1. The predicted octanol–water partition coefficient (Wildman–Crippen LogP) is 2.01. The lowest BCUT2D eigenvalue weighted by Crippen LogP contribution is -2.10. The molecular formula is C12H17N5S. The maximum Gasteiger partial charge on any atom is 0.205 e. The molecule has 0 atom stereocenters. The Kier molecular flexibility index (Phi) is 3.03. The molecule has 0 radical (unpaired) electrons. The fraction of sp³-hybridized carbons (Fsp3) is 0.583. The van der Waals surface area contributed by atoms with E-state index in [1.807, 2.05) is 7.05 Å².